The van der Waals surface area contributed by atoms with Crippen molar-refractivity contribution >= 4 is 45.8 Å². The minimum Gasteiger partial charge on any atom is -0.117 e. The molecule has 3 heteroatoms. The van der Waals surface area contributed by atoms with Gasteiger partial charge >= 0.3 is 0 Å². The Labute approximate surface area is 79.7 Å². The number of alkyl halides is 2. The summed E-state index contributed by atoms with van der Waals surface area (Å²) < 4.78 is 1.13. The van der Waals surface area contributed by atoms with Crippen LogP contribution in [0.3, 0.4) is 0 Å². The number of halogens is 3. The first-order chi connectivity index (χ1) is 4.18. The van der Waals surface area contributed by atoms with E-state index in [4.69, 9.17) is 23.2 Å². The van der Waals surface area contributed by atoms with Crippen molar-refractivity contribution in [3.05, 3.63) is 11.6 Å². The SMILES string of the molecule is C=C(Cl)C(Cl)CCCI. The van der Waals surface area contributed by atoms with Gasteiger partial charge in [-0.05, 0) is 17.3 Å². The molecule has 0 saturated carbocycles. The molecule has 0 radical (unpaired) electrons. The van der Waals surface area contributed by atoms with Gasteiger partial charge in [-0.15, -0.1) is 11.6 Å². The number of rotatable bonds is 4. The zero-order valence-electron chi connectivity index (χ0n) is 5.04. The largest absolute Gasteiger partial charge is 0.117 e. The Kier molecular flexibility index (Phi) is 6.48. The first-order valence-corrected chi connectivity index (χ1v) is 5.06. The van der Waals surface area contributed by atoms with Crippen molar-refractivity contribution < 1.29 is 0 Å². The average molecular weight is 279 g/mol. The summed E-state index contributed by atoms with van der Waals surface area (Å²) in [4.78, 5) is 0. The van der Waals surface area contributed by atoms with E-state index in [-0.39, 0.29) is 5.38 Å². The normalized spacial score (nSPS) is 13.2. The van der Waals surface area contributed by atoms with E-state index in [0.717, 1.165) is 17.3 Å². The third-order valence-corrected chi connectivity index (χ3v) is 2.55. The molecular formula is C6H9Cl2I. The molecule has 54 valence electrons. The van der Waals surface area contributed by atoms with Gasteiger partial charge in [0.2, 0.25) is 0 Å². The molecule has 1 atom stereocenters. The van der Waals surface area contributed by atoms with E-state index in [9.17, 15) is 0 Å². The summed E-state index contributed by atoms with van der Waals surface area (Å²) in [5, 5.41) is 0.517. The Morgan fingerprint density at radius 1 is 1.67 bits per heavy atom. The Bertz CT molecular complexity index is 93.1. The van der Waals surface area contributed by atoms with Gasteiger partial charge in [0.05, 0.1) is 5.38 Å². The van der Waals surface area contributed by atoms with Gasteiger partial charge < -0.3 is 0 Å². The van der Waals surface area contributed by atoms with E-state index in [1.165, 1.54) is 0 Å². The predicted molar refractivity (Wildman–Crippen MR) is 52.8 cm³/mol. The molecule has 0 bridgehead atoms. The molecule has 0 aromatic rings. The molecule has 0 spiro atoms. The Morgan fingerprint density at radius 2 is 2.22 bits per heavy atom. The number of hydrogen-bond acceptors (Lipinski definition) is 0. The molecule has 0 N–H and O–H groups in total. The second kappa shape index (κ2) is 5.81. The summed E-state index contributed by atoms with van der Waals surface area (Å²) in [5.74, 6) is 0. The quantitative estimate of drug-likeness (QED) is 0.545. The molecule has 0 rings (SSSR count). The lowest BCUT2D eigenvalue weighted by Crippen LogP contribution is -1.96. The van der Waals surface area contributed by atoms with Crippen molar-refractivity contribution in [2.24, 2.45) is 0 Å². The highest BCUT2D eigenvalue weighted by Crippen LogP contribution is 2.17. The maximum atomic E-state index is 5.76. The van der Waals surface area contributed by atoms with Crippen LogP contribution in [0.25, 0.3) is 0 Å². The average Bonchev–Trinajstić information content (AvgIpc) is 1.82. The molecule has 0 fully saturated rings. The minimum atomic E-state index is -0.0403. The summed E-state index contributed by atoms with van der Waals surface area (Å²) in [7, 11) is 0. The summed E-state index contributed by atoms with van der Waals surface area (Å²) in [6.45, 7) is 3.54. The van der Waals surface area contributed by atoms with E-state index in [2.05, 4.69) is 29.2 Å². The molecule has 0 aromatic carbocycles. The Balaban J connectivity index is 3.27. The van der Waals surface area contributed by atoms with Gasteiger partial charge in [0.25, 0.3) is 0 Å². The highest BCUT2D eigenvalue weighted by molar-refractivity contribution is 14.1. The van der Waals surface area contributed by atoms with Crippen molar-refractivity contribution in [1.29, 1.82) is 0 Å². The summed E-state index contributed by atoms with van der Waals surface area (Å²) in [6, 6.07) is 0. The van der Waals surface area contributed by atoms with E-state index in [1.54, 1.807) is 0 Å². The molecule has 1 unspecified atom stereocenters. The number of hydrogen-bond donors (Lipinski definition) is 0. The van der Waals surface area contributed by atoms with E-state index in [0.29, 0.717) is 5.03 Å². The van der Waals surface area contributed by atoms with Gasteiger partial charge in [-0.3, -0.25) is 0 Å². The lowest BCUT2D eigenvalue weighted by molar-refractivity contribution is 0.831. The first kappa shape index (κ1) is 10.0. The molecular weight excluding hydrogens is 270 g/mol. The third-order valence-electron chi connectivity index (χ3n) is 0.931. The Morgan fingerprint density at radius 3 is 2.56 bits per heavy atom. The van der Waals surface area contributed by atoms with Crippen molar-refractivity contribution in [3.63, 3.8) is 0 Å². The van der Waals surface area contributed by atoms with Gasteiger partial charge in [-0.25, -0.2) is 0 Å². The predicted octanol–water partition coefficient (Wildman–Crippen LogP) is 3.56. The second-order valence-corrected chi connectivity index (χ2v) is 3.84. The van der Waals surface area contributed by atoms with Crippen molar-refractivity contribution in [3.8, 4) is 0 Å². The van der Waals surface area contributed by atoms with Crippen LogP contribution in [0.5, 0.6) is 0 Å². The highest BCUT2D eigenvalue weighted by Gasteiger charge is 2.04. The smallest absolute Gasteiger partial charge is 0.0686 e. The zero-order chi connectivity index (χ0) is 7.28. The van der Waals surface area contributed by atoms with Crippen LogP contribution in [0.4, 0.5) is 0 Å². The lowest BCUT2D eigenvalue weighted by Gasteiger charge is -2.03. The van der Waals surface area contributed by atoms with E-state index in [1.807, 2.05) is 0 Å². The van der Waals surface area contributed by atoms with Crippen LogP contribution in [-0.2, 0) is 0 Å². The maximum absolute atomic E-state index is 5.76. The van der Waals surface area contributed by atoms with Crippen LogP contribution in [0, 0.1) is 0 Å². The van der Waals surface area contributed by atoms with Crippen molar-refractivity contribution in [2.75, 3.05) is 4.43 Å². The van der Waals surface area contributed by atoms with Gasteiger partial charge in [0.15, 0.2) is 0 Å². The van der Waals surface area contributed by atoms with Crippen LogP contribution in [0.15, 0.2) is 11.6 Å². The summed E-state index contributed by atoms with van der Waals surface area (Å²) >= 11 is 13.6. The summed E-state index contributed by atoms with van der Waals surface area (Å²) in [6.07, 6.45) is 2.05. The van der Waals surface area contributed by atoms with E-state index >= 15 is 0 Å². The van der Waals surface area contributed by atoms with Gasteiger partial charge in [-0.2, -0.15) is 0 Å². The van der Waals surface area contributed by atoms with Crippen molar-refractivity contribution in [1.82, 2.24) is 0 Å². The fourth-order valence-corrected chi connectivity index (χ4v) is 1.12. The molecule has 0 aliphatic carbocycles. The van der Waals surface area contributed by atoms with Crippen LogP contribution in [0.2, 0.25) is 0 Å². The second-order valence-electron chi connectivity index (χ2n) is 1.75. The molecule has 0 heterocycles. The van der Waals surface area contributed by atoms with Gasteiger partial charge in [-0.1, -0.05) is 40.8 Å². The molecule has 0 aliphatic rings. The molecule has 0 amide bonds. The van der Waals surface area contributed by atoms with Crippen LogP contribution < -0.4 is 0 Å². The summed E-state index contributed by atoms with van der Waals surface area (Å²) in [5.41, 5.74) is 0. The topological polar surface area (TPSA) is 0 Å². The van der Waals surface area contributed by atoms with Crippen molar-refractivity contribution in [2.45, 2.75) is 18.2 Å². The molecule has 0 nitrogen and oxygen atoms in total. The first-order valence-electron chi connectivity index (χ1n) is 2.72. The fraction of sp³-hybridized carbons (Fsp3) is 0.667. The Hall–Kier alpha value is 1.05. The molecule has 9 heavy (non-hydrogen) atoms. The van der Waals surface area contributed by atoms with Crippen LogP contribution in [-0.4, -0.2) is 9.80 Å². The van der Waals surface area contributed by atoms with Crippen LogP contribution in [0.1, 0.15) is 12.8 Å². The molecule has 0 saturated heterocycles. The zero-order valence-corrected chi connectivity index (χ0v) is 8.71. The maximum Gasteiger partial charge on any atom is 0.0686 e. The lowest BCUT2D eigenvalue weighted by atomic mass is 10.2. The minimum absolute atomic E-state index is 0.0403. The fourth-order valence-electron chi connectivity index (χ4n) is 0.413. The highest BCUT2D eigenvalue weighted by atomic mass is 127. The van der Waals surface area contributed by atoms with Gasteiger partial charge in [0.1, 0.15) is 0 Å². The molecule has 0 aromatic heterocycles. The van der Waals surface area contributed by atoms with Crippen LogP contribution >= 0.6 is 45.8 Å². The third kappa shape index (κ3) is 5.49. The number of allylic oxidation sites excluding steroid dienone is 1. The monoisotopic (exact) mass is 278 g/mol. The molecule has 0 aliphatic heterocycles. The standard InChI is InChI=1S/C6H9Cl2I/c1-5(7)6(8)3-2-4-9/h6H,1-4H2. The van der Waals surface area contributed by atoms with Gasteiger partial charge in [0, 0.05) is 5.03 Å². The van der Waals surface area contributed by atoms with E-state index < -0.39 is 0 Å².